The fraction of sp³-hybridized carbons (Fsp3) is 0.214. The number of imide groups is 1. The van der Waals surface area contributed by atoms with Gasteiger partial charge in [-0.2, -0.15) is 5.26 Å². The second kappa shape index (κ2) is 13.5. The molecule has 3 aromatic carbocycles. The summed E-state index contributed by atoms with van der Waals surface area (Å²) in [5, 5.41) is 11.4. The third-order valence-electron chi connectivity index (χ3n) is 6.01. The number of hydrogen-bond acceptors (Lipinski definition) is 8. The lowest BCUT2D eigenvalue weighted by Gasteiger charge is -2.29. The van der Waals surface area contributed by atoms with E-state index in [9.17, 15) is 28.4 Å². The van der Waals surface area contributed by atoms with Crippen LogP contribution in [0.4, 0.5) is 19.3 Å². The van der Waals surface area contributed by atoms with E-state index in [-0.39, 0.29) is 40.5 Å². The van der Waals surface area contributed by atoms with Crippen LogP contribution in [-0.2, 0) is 22.5 Å². The van der Waals surface area contributed by atoms with Crippen molar-refractivity contribution in [3.05, 3.63) is 86.9 Å². The summed E-state index contributed by atoms with van der Waals surface area (Å²) in [7, 11) is 0. The molecule has 1 atom stereocenters. The molecule has 1 aliphatic rings. The molecule has 0 saturated heterocycles. The minimum absolute atomic E-state index is 0.0525. The fourth-order valence-corrected chi connectivity index (χ4v) is 4.71. The van der Waals surface area contributed by atoms with Crippen molar-refractivity contribution in [3.8, 4) is 17.6 Å². The zero-order valence-corrected chi connectivity index (χ0v) is 23.5. The number of hydrogen-bond donors (Lipinski definition) is 3. The van der Waals surface area contributed by atoms with Crippen LogP contribution in [0.3, 0.4) is 0 Å². The summed E-state index contributed by atoms with van der Waals surface area (Å²) < 4.78 is 37.7. The Kier molecular flexibility index (Phi) is 9.80. The van der Waals surface area contributed by atoms with Crippen LogP contribution in [-0.4, -0.2) is 42.0 Å². The van der Waals surface area contributed by atoms with E-state index < -0.39 is 29.7 Å². The highest BCUT2D eigenvalue weighted by molar-refractivity contribution is 6.37. The van der Waals surface area contributed by atoms with Crippen molar-refractivity contribution < 1.29 is 32.6 Å². The number of carbonyl (C=O) groups excluding carboxylic acids is 3. The number of hydrazine groups is 1. The van der Waals surface area contributed by atoms with Gasteiger partial charge in [0.1, 0.15) is 17.4 Å². The maximum Gasteiger partial charge on any atom is 0.413 e. The monoisotopic (exact) mass is 617 g/mol. The number of alkyl carbamates (subject to hydrolysis) is 1. The molecule has 0 spiro atoms. The van der Waals surface area contributed by atoms with E-state index in [1.165, 1.54) is 29.2 Å². The van der Waals surface area contributed by atoms with Crippen molar-refractivity contribution in [2.24, 2.45) is 0 Å². The van der Waals surface area contributed by atoms with Crippen LogP contribution in [0, 0.1) is 23.0 Å². The number of nitrogens with one attached hydrogen (secondary N) is 3. The Hall–Kier alpha value is -4.44. The number of nitriles is 1. The van der Waals surface area contributed by atoms with E-state index in [4.69, 9.17) is 27.9 Å². The van der Waals surface area contributed by atoms with Crippen LogP contribution < -0.4 is 20.9 Å². The first-order valence-electron chi connectivity index (χ1n) is 12.5. The predicted octanol–water partition coefficient (Wildman–Crippen LogP) is 5.34. The third kappa shape index (κ3) is 7.44. The van der Waals surface area contributed by atoms with Gasteiger partial charge in [-0.05, 0) is 66.9 Å². The zero-order chi connectivity index (χ0) is 30.4. The quantitative estimate of drug-likeness (QED) is 0.274. The van der Waals surface area contributed by atoms with Gasteiger partial charge in [-0.3, -0.25) is 14.9 Å². The molecule has 42 heavy (non-hydrogen) atoms. The van der Waals surface area contributed by atoms with Gasteiger partial charge in [-0.25, -0.2) is 19.0 Å². The van der Waals surface area contributed by atoms with Gasteiger partial charge in [0.05, 0.1) is 28.4 Å². The number of rotatable bonds is 9. The number of halogens is 4. The highest BCUT2D eigenvalue weighted by Crippen LogP contribution is 2.39. The molecule has 0 radical (unpaired) electrons. The minimum Gasteiger partial charge on any atom is -0.454 e. The van der Waals surface area contributed by atoms with E-state index in [1.807, 2.05) is 5.32 Å². The molecule has 14 heteroatoms. The molecule has 1 aliphatic heterocycles. The van der Waals surface area contributed by atoms with Crippen LogP contribution in [0.15, 0.2) is 48.5 Å². The molecule has 3 amide bonds. The van der Waals surface area contributed by atoms with Crippen LogP contribution in [0.1, 0.15) is 28.4 Å². The van der Waals surface area contributed by atoms with Gasteiger partial charge in [0.2, 0.25) is 0 Å². The SMILES string of the molecule is CCOC(=O)NC(=O)C(C#N)NNc1cc(Cl)c(Oc2ccc3c(c2)CCN(Cc2cc(F)cc(F)c2)C3=O)c(Cl)c1. The molecule has 3 aromatic rings. The van der Waals surface area contributed by atoms with Crippen molar-refractivity contribution in [3.63, 3.8) is 0 Å². The Bertz CT molecular complexity index is 1540. The summed E-state index contributed by atoms with van der Waals surface area (Å²) in [6.07, 6.45) is -0.503. The van der Waals surface area contributed by atoms with Gasteiger partial charge >= 0.3 is 6.09 Å². The van der Waals surface area contributed by atoms with Crippen LogP contribution in [0.5, 0.6) is 11.5 Å². The summed E-state index contributed by atoms with van der Waals surface area (Å²) in [5.74, 6) is -2.14. The van der Waals surface area contributed by atoms with Gasteiger partial charge < -0.3 is 19.8 Å². The van der Waals surface area contributed by atoms with E-state index in [2.05, 4.69) is 15.6 Å². The number of benzene rings is 3. The lowest BCUT2D eigenvalue weighted by molar-refractivity contribution is -0.121. The van der Waals surface area contributed by atoms with Gasteiger partial charge in [0, 0.05) is 24.7 Å². The molecule has 0 aliphatic carbocycles. The summed E-state index contributed by atoms with van der Waals surface area (Å²) in [6, 6.07) is 11.1. The maximum absolute atomic E-state index is 13.6. The van der Waals surface area contributed by atoms with Gasteiger partial charge in [0.15, 0.2) is 11.8 Å². The predicted molar refractivity (Wildman–Crippen MR) is 149 cm³/mol. The van der Waals surface area contributed by atoms with Gasteiger partial charge in [-0.15, -0.1) is 0 Å². The Morgan fingerprint density at radius 1 is 1.10 bits per heavy atom. The molecule has 0 bridgehead atoms. The highest BCUT2D eigenvalue weighted by Gasteiger charge is 2.26. The van der Waals surface area contributed by atoms with Crippen molar-refractivity contribution in [1.82, 2.24) is 15.6 Å². The molecular weight excluding hydrogens is 595 g/mol. The van der Waals surface area contributed by atoms with Crippen molar-refractivity contribution in [1.29, 1.82) is 5.26 Å². The molecule has 10 nitrogen and oxygen atoms in total. The summed E-state index contributed by atoms with van der Waals surface area (Å²) in [5.41, 5.74) is 6.89. The minimum atomic E-state index is -1.45. The number of anilines is 1. The molecule has 0 aromatic heterocycles. The average Bonchev–Trinajstić information content (AvgIpc) is 2.92. The smallest absolute Gasteiger partial charge is 0.413 e. The zero-order valence-electron chi connectivity index (χ0n) is 22.0. The summed E-state index contributed by atoms with van der Waals surface area (Å²) in [4.78, 5) is 38.0. The lowest BCUT2D eigenvalue weighted by Crippen LogP contribution is -2.47. The Morgan fingerprint density at radius 3 is 2.43 bits per heavy atom. The Labute approximate surface area is 249 Å². The largest absolute Gasteiger partial charge is 0.454 e. The molecule has 0 saturated carbocycles. The highest BCUT2D eigenvalue weighted by atomic mass is 35.5. The number of amides is 3. The number of carbonyl (C=O) groups is 3. The van der Waals surface area contributed by atoms with Crippen LogP contribution in [0.25, 0.3) is 0 Å². The van der Waals surface area contributed by atoms with E-state index in [0.29, 0.717) is 29.8 Å². The normalized spacial score (nSPS) is 13.0. The van der Waals surface area contributed by atoms with Gasteiger partial charge in [-0.1, -0.05) is 23.2 Å². The number of ether oxygens (including phenoxy) is 2. The van der Waals surface area contributed by atoms with Crippen molar-refractivity contribution in [2.45, 2.75) is 25.9 Å². The third-order valence-corrected chi connectivity index (χ3v) is 6.57. The number of nitrogens with zero attached hydrogens (tertiary/aromatic N) is 2. The first-order chi connectivity index (χ1) is 20.1. The standard InChI is InChI=1S/C28H23Cl2F2N5O5/c1-2-41-28(40)34-26(38)24(13-33)36-35-19-11-22(29)25(23(30)12-19)42-20-3-4-21-16(9-20)5-6-37(27(21)39)14-15-7-17(31)10-18(32)8-15/h3-4,7-12,24,35-36H,2,5-6,14H2,1H3,(H,34,38,40). The van der Waals surface area contributed by atoms with Crippen LogP contribution >= 0.6 is 23.2 Å². The van der Waals surface area contributed by atoms with Crippen molar-refractivity contribution in [2.75, 3.05) is 18.6 Å². The molecule has 3 N–H and O–H groups in total. The lowest BCUT2D eigenvalue weighted by atomic mass is 9.98. The molecule has 1 heterocycles. The Morgan fingerprint density at radius 2 is 1.79 bits per heavy atom. The Balaban J connectivity index is 1.41. The summed E-state index contributed by atoms with van der Waals surface area (Å²) >= 11 is 12.8. The summed E-state index contributed by atoms with van der Waals surface area (Å²) in [6.45, 7) is 2.02. The first kappa shape index (κ1) is 30.5. The maximum atomic E-state index is 13.6. The van der Waals surface area contributed by atoms with Crippen molar-refractivity contribution >= 4 is 46.8 Å². The topological polar surface area (TPSA) is 133 Å². The average molecular weight is 618 g/mol. The second-order valence-corrected chi connectivity index (χ2v) is 9.80. The molecule has 1 unspecified atom stereocenters. The molecular formula is C28H23Cl2F2N5O5. The number of fused-ring (bicyclic) bond motifs is 1. The van der Waals surface area contributed by atoms with Gasteiger partial charge in [0.25, 0.3) is 11.8 Å². The van der Waals surface area contributed by atoms with E-state index in [0.717, 1.165) is 11.6 Å². The molecule has 0 fully saturated rings. The fourth-order valence-electron chi connectivity index (χ4n) is 4.15. The van der Waals surface area contributed by atoms with Crippen LogP contribution in [0.2, 0.25) is 10.0 Å². The first-order valence-corrected chi connectivity index (χ1v) is 13.3. The molecule has 218 valence electrons. The second-order valence-electron chi connectivity index (χ2n) is 8.99. The van der Waals surface area contributed by atoms with E-state index in [1.54, 1.807) is 31.2 Å². The van der Waals surface area contributed by atoms with E-state index >= 15 is 0 Å². The molecule has 4 rings (SSSR count).